The van der Waals surface area contributed by atoms with Gasteiger partial charge in [-0.1, -0.05) is 12.1 Å². The van der Waals surface area contributed by atoms with E-state index in [9.17, 15) is 9.59 Å². The fourth-order valence-corrected chi connectivity index (χ4v) is 3.80. The van der Waals surface area contributed by atoms with E-state index < -0.39 is 23.8 Å². The number of carbonyl (C=O) groups excluding carboxylic acids is 2. The van der Waals surface area contributed by atoms with Gasteiger partial charge >= 0.3 is 11.9 Å². The molecule has 0 unspecified atom stereocenters. The van der Waals surface area contributed by atoms with E-state index in [2.05, 4.69) is 0 Å². The molecule has 0 spiro atoms. The molecule has 0 N–H and O–H groups in total. The van der Waals surface area contributed by atoms with E-state index in [0.29, 0.717) is 23.0 Å². The highest BCUT2D eigenvalue weighted by atomic mass is 16.5. The van der Waals surface area contributed by atoms with E-state index in [4.69, 9.17) is 28.4 Å². The molecule has 186 valence electrons. The van der Waals surface area contributed by atoms with Crippen molar-refractivity contribution in [3.8, 4) is 23.0 Å². The molecule has 0 heterocycles. The van der Waals surface area contributed by atoms with Crippen LogP contribution in [0.2, 0.25) is 0 Å². The first-order chi connectivity index (χ1) is 16.4. The molecule has 0 aliphatic heterocycles. The maximum atomic E-state index is 13.1. The van der Waals surface area contributed by atoms with Gasteiger partial charge in [-0.15, -0.1) is 0 Å². The quantitative estimate of drug-likeness (QED) is 0.404. The van der Waals surface area contributed by atoms with Crippen molar-refractivity contribution >= 4 is 11.9 Å². The number of benzene rings is 2. The number of ether oxygens (including phenoxy) is 6. The summed E-state index contributed by atoms with van der Waals surface area (Å²) >= 11 is 0. The summed E-state index contributed by atoms with van der Waals surface area (Å²) in [6.45, 7) is 3.87. The van der Waals surface area contributed by atoms with Crippen LogP contribution in [-0.4, -0.2) is 53.6 Å². The smallest absolute Gasteiger partial charge is 0.310 e. The molecule has 0 aliphatic rings. The molecule has 2 aromatic carbocycles. The number of rotatable bonds is 13. The highest BCUT2D eigenvalue weighted by Gasteiger charge is 2.36. The van der Waals surface area contributed by atoms with Crippen LogP contribution in [0.15, 0.2) is 36.4 Å². The van der Waals surface area contributed by atoms with Crippen molar-refractivity contribution in [1.82, 2.24) is 0 Å². The lowest BCUT2D eigenvalue weighted by Crippen LogP contribution is -2.35. The molecule has 8 heteroatoms. The van der Waals surface area contributed by atoms with Crippen molar-refractivity contribution in [3.63, 3.8) is 0 Å². The van der Waals surface area contributed by atoms with Gasteiger partial charge in [0.2, 0.25) is 0 Å². The van der Waals surface area contributed by atoms with Crippen LogP contribution in [0.25, 0.3) is 0 Å². The topological polar surface area (TPSA) is 89.5 Å². The summed E-state index contributed by atoms with van der Waals surface area (Å²) in [7, 11) is 6.20. The molecule has 0 aliphatic carbocycles. The average Bonchev–Trinajstić information content (AvgIpc) is 2.85. The third-order valence-corrected chi connectivity index (χ3v) is 5.47. The highest BCUT2D eigenvalue weighted by molar-refractivity contribution is 5.82. The highest BCUT2D eigenvalue weighted by Crippen LogP contribution is 2.33. The Balaban J connectivity index is 2.46. The van der Waals surface area contributed by atoms with E-state index >= 15 is 0 Å². The third-order valence-electron chi connectivity index (χ3n) is 5.47. The Hall–Kier alpha value is -3.42. The Morgan fingerprint density at radius 1 is 0.618 bits per heavy atom. The predicted octanol–water partition coefficient (Wildman–Crippen LogP) is 3.86. The Morgan fingerprint density at radius 3 is 1.26 bits per heavy atom. The molecule has 0 aromatic heterocycles. The van der Waals surface area contributed by atoms with Crippen LogP contribution in [0, 0.1) is 11.8 Å². The van der Waals surface area contributed by atoms with Gasteiger partial charge in [-0.05, 0) is 62.1 Å². The number of esters is 2. The van der Waals surface area contributed by atoms with Crippen LogP contribution < -0.4 is 18.9 Å². The minimum Gasteiger partial charge on any atom is -0.493 e. The SMILES string of the molecule is CCOC(=O)[C@H](Cc1ccc(OC)c(OC)c1)[C@@H](Cc1ccc(OC)c(OC)c1)C(=O)OCC. The largest absolute Gasteiger partial charge is 0.493 e. The van der Waals surface area contributed by atoms with Crippen LogP contribution in [0.1, 0.15) is 25.0 Å². The summed E-state index contributed by atoms with van der Waals surface area (Å²) < 4.78 is 32.1. The van der Waals surface area contributed by atoms with Crippen molar-refractivity contribution in [2.24, 2.45) is 11.8 Å². The van der Waals surface area contributed by atoms with E-state index in [1.165, 1.54) is 0 Å². The van der Waals surface area contributed by atoms with E-state index in [0.717, 1.165) is 11.1 Å². The first kappa shape index (κ1) is 26.8. The lowest BCUT2D eigenvalue weighted by Gasteiger charge is -2.25. The first-order valence-electron chi connectivity index (χ1n) is 11.2. The Bertz CT molecular complexity index is 878. The van der Waals surface area contributed by atoms with Gasteiger partial charge in [0.1, 0.15) is 0 Å². The van der Waals surface area contributed by atoms with Gasteiger partial charge in [-0.25, -0.2) is 0 Å². The molecule has 0 fully saturated rings. The fraction of sp³-hybridized carbons (Fsp3) is 0.462. The summed E-state index contributed by atoms with van der Waals surface area (Å²) in [6.07, 6.45) is 0.520. The van der Waals surface area contributed by atoms with Gasteiger partial charge < -0.3 is 28.4 Å². The maximum Gasteiger partial charge on any atom is 0.310 e. The van der Waals surface area contributed by atoms with Gasteiger partial charge in [-0.3, -0.25) is 9.59 Å². The fourth-order valence-electron chi connectivity index (χ4n) is 3.80. The lowest BCUT2D eigenvalue weighted by atomic mass is 9.82. The molecule has 0 saturated heterocycles. The van der Waals surface area contributed by atoms with Crippen LogP contribution >= 0.6 is 0 Å². The second-order valence-electron chi connectivity index (χ2n) is 7.50. The van der Waals surface area contributed by atoms with Crippen LogP contribution in [-0.2, 0) is 31.9 Å². The third kappa shape index (κ3) is 6.79. The minimum atomic E-state index is -0.773. The van der Waals surface area contributed by atoms with E-state index in [-0.39, 0.29) is 26.1 Å². The Labute approximate surface area is 201 Å². The average molecular weight is 475 g/mol. The molecule has 0 amide bonds. The molecule has 2 aromatic rings. The van der Waals surface area contributed by atoms with Crippen molar-refractivity contribution in [2.45, 2.75) is 26.7 Å². The standard InChI is InChI=1S/C26H34O8/c1-7-33-25(27)19(13-17-9-11-21(29-3)23(15-17)31-5)20(26(28)34-8-2)14-18-10-12-22(30-4)24(16-18)32-6/h9-12,15-16,19-20H,7-8,13-14H2,1-6H3/t19-,20-/m1/s1. The van der Waals surface area contributed by atoms with Crippen LogP contribution in [0.4, 0.5) is 0 Å². The zero-order chi connectivity index (χ0) is 25.1. The molecule has 8 nitrogen and oxygen atoms in total. The van der Waals surface area contributed by atoms with E-state index in [1.54, 1.807) is 66.6 Å². The summed E-state index contributed by atoms with van der Waals surface area (Å²) in [6, 6.07) is 10.8. The molecular formula is C26H34O8. The molecule has 2 atom stereocenters. The molecule has 34 heavy (non-hydrogen) atoms. The molecule has 0 saturated carbocycles. The summed E-state index contributed by atoms with van der Waals surface area (Å²) in [5, 5.41) is 0. The zero-order valence-corrected chi connectivity index (χ0v) is 20.7. The monoisotopic (exact) mass is 474 g/mol. The molecule has 0 radical (unpaired) electrons. The minimum absolute atomic E-state index is 0.202. The molecular weight excluding hydrogens is 440 g/mol. The predicted molar refractivity (Wildman–Crippen MR) is 127 cm³/mol. The molecule has 2 rings (SSSR count). The second-order valence-corrected chi connectivity index (χ2v) is 7.50. The van der Waals surface area contributed by atoms with Crippen LogP contribution in [0.5, 0.6) is 23.0 Å². The summed E-state index contributed by atoms with van der Waals surface area (Å²) in [5.74, 6) is -0.246. The summed E-state index contributed by atoms with van der Waals surface area (Å²) in [5.41, 5.74) is 1.61. The van der Waals surface area contributed by atoms with Crippen molar-refractivity contribution < 1.29 is 38.0 Å². The Morgan fingerprint density at radius 2 is 0.971 bits per heavy atom. The normalized spacial score (nSPS) is 12.3. The zero-order valence-electron chi connectivity index (χ0n) is 20.7. The van der Waals surface area contributed by atoms with Gasteiger partial charge in [0.25, 0.3) is 0 Å². The van der Waals surface area contributed by atoms with Gasteiger partial charge in [0.15, 0.2) is 23.0 Å². The maximum absolute atomic E-state index is 13.1. The lowest BCUT2D eigenvalue weighted by molar-refractivity contribution is -0.160. The summed E-state index contributed by atoms with van der Waals surface area (Å²) in [4.78, 5) is 26.1. The van der Waals surface area contributed by atoms with E-state index in [1.807, 2.05) is 12.1 Å². The number of hydrogen-bond acceptors (Lipinski definition) is 8. The van der Waals surface area contributed by atoms with Crippen molar-refractivity contribution in [1.29, 1.82) is 0 Å². The van der Waals surface area contributed by atoms with Crippen LogP contribution in [0.3, 0.4) is 0 Å². The van der Waals surface area contributed by atoms with Gasteiger partial charge in [-0.2, -0.15) is 0 Å². The molecule has 0 bridgehead atoms. The number of methoxy groups -OCH3 is 4. The second kappa shape index (κ2) is 13.3. The number of hydrogen-bond donors (Lipinski definition) is 0. The van der Waals surface area contributed by atoms with Gasteiger partial charge in [0, 0.05) is 0 Å². The van der Waals surface area contributed by atoms with Crippen molar-refractivity contribution in [3.05, 3.63) is 47.5 Å². The Kier molecular flexibility index (Phi) is 10.5. The van der Waals surface area contributed by atoms with Crippen molar-refractivity contribution in [2.75, 3.05) is 41.7 Å². The first-order valence-corrected chi connectivity index (χ1v) is 11.2. The van der Waals surface area contributed by atoms with Gasteiger partial charge in [0.05, 0.1) is 53.5 Å². The number of carbonyl (C=O) groups is 2.